The van der Waals surface area contributed by atoms with Gasteiger partial charge in [0.15, 0.2) is 0 Å². The van der Waals surface area contributed by atoms with Gasteiger partial charge in [0.2, 0.25) is 11.8 Å². The maximum atomic E-state index is 12.4. The Morgan fingerprint density at radius 3 is 2.48 bits per heavy atom. The predicted molar refractivity (Wildman–Crippen MR) is 73.1 cm³/mol. The van der Waals surface area contributed by atoms with Crippen molar-refractivity contribution in [1.82, 2.24) is 20.9 Å². The van der Waals surface area contributed by atoms with Crippen molar-refractivity contribution in [3.8, 4) is 0 Å². The normalized spacial score (nSPS) is 20.3. The third kappa shape index (κ3) is 3.14. The molecule has 0 aromatic carbocycles. The number of nitrogens with zero attached hydrogens (tertiary/aromatic N) is 1. The van der Waals surface area contributed by atoms with Crippen LogP contribution in [-0.2, 0) is 14.4 Å². The van der Waals surface area contributed by atoms with Gasteiger partial charge in [-0.3, -0.25) is 19.3 Å². The summed E-state index contributed by atoms with van der Waals surface area (Å²) in [4.78, 5) is 48.0. The topological polar surface area (TPSA) is 108 Å². The standard InChI is InChI=1S/C13H20N4O4/c1-14-9(18)7-15-10(19)8-17-11(20)13(16-12(17)21)5-3-2-4-6-13/h2-8H2,1H3,(H,14,18)(H,15,19)(H,16,21). The molecule has 1 spiro atoms. The summed E-state index contributed by atoms with van der Waals surface area (Å²) in [6.45, 7) is -0.534. The fourth-order valence-corrected chi connectivity index (χ4v) is 2.78. The summed E-state index contributed by atoms with van der Waals surface area (Å²) in [5.41, 5.74) is -0.823. The van der Waals surface area contributed by atoms with E-state index in [1.165, 1.54) is 7.05 Å². The number of nitrogens with one attached hydrogen (secondary N) is 3. The zero-order valence-corrected chi connectivity index (χ0v) is 12.0. The van der Waals surface area contributed by atoms with Crippen LogP contribution in [0.25, 0.3) is 0 Å². The summed E-state index contributed by atoms with van der Waals surface area (Å²) in [7, 11) is 1.46. The number of imide groups is 1. The lowest BCUT2D eigenvalue weighted by atomic mass is 9.82. The molecule has 21 heavy (non-hydrogen) atoms. The Hall–Kier alpha value is -2.12. The molecule has 0 aromatic heterocycles. The number of amides is 5. The van der Waals surface area contributed by atoms with Gasteiger partial charge in [0.25, 0.3) is 5.91 Å². The molecule has 0 bridgehead atoms. The molecule has 0 unspecified atom stereocenters. The van der Waals surface area contributed by atoms with Crippen LogP contribution in [-0.4, -0.2) is 54.3 Å². The molecule has 0 aromatic rings. The van der Waals surface area contributed by atoms with Crippen LogP contribution in [0, 0.1) is 0 Å². The van der Waals surface area contributed by atoms with Gasteiger partial charge < -0.3 is 16.0 Å². The van der Waals surface area contributed by atoms with Crippen LogP contribution in [0.4, 0.5) is 4.79 Å². The van der Waals surface area contributed by atoms with Crippen molar-refractivity contribution in [2.24, 2.45) is 0 Å². The smallest absolute Gasteiger partial charge is 0.325 e. The molecule has 8 nitrogen and oxygen atoms in total. The number of hydrogen-bond donors (Lipinski definition) is 3. The Morgan fingerprint density at radius 1 is 1.19 bits per heavy atom. The van der Waals surface area contributed by atoms with E-state index in [2.05, 4.69) is 16.0 Å². The highest BCUT2D eigenvalue weighted by Gasteiger charge is 2.51. The maximum absolute atomic E-state index is 12.4. The molecular weight excluding hydrogens is 276 g/mol. The number of hydrogen-bond acceptors (Lipinski definition) is 4. The Morgan fingerprint density at radius 2 is 1.86 bits per heavy atom. The number of likely N-dealkylation sites (N-methyl/N-ethyl adjacent to an activating group) is 1. The van der Waals surface area contributed by atoms with Crippen molar-refractivity contribution < 1.29 is 19.2 Å². The number of rotatable bonds is 4. The highest BCUT2D eigenvalue weighted by Crippen LogP contribution is 2.33. The molecule has 1 aliphatic carbocycles. The van der Waals surface area contributed by atoms with Gasteiger partial charge in [0.05, 0.1) is 6.54 Å². The van der Waals surface area contributed by atoms with Gasteiger partial charge in [0, 0.05) is 7.05 Å². The van der Waals surface area contributed by atoms with Crippen molar-refractivity contribution in [2.45, 2.75) is 37.6 Å². The second kappa shape index (κ2) is 6.11. The predicted octanol–water partition coefficient (Wildman–Crippen LogP) is -0.897. The minimum absolute atomic E-state index is 0.176. The largest absolute Gasteiger partial charge is 0.358 e. The first-order chi connectivity index (χ1) is 9.98. The Bertz CT molecular complexity index is 471. The Labute approximate surface area is 122 Å². The molecule has 0 radical (unpaired) electrons. The van der Waals surface area contributed by atoms with Crippen LogP contribution in [0.1, 0.15) is 32.1 Å². The molecule has 1 heterocycles. The van der Waals surface area contributed by atoms with E-state index < -0.39 is 17.5 Å². The van der Waals surface area contributed by atoms with Crippen LogP contribution in [0.15, 0.2) is 0 Å². The molecule has 5 amide bonds. The van der Waals surface area contributed by atoms with E-state index in [4.69, 9.17) is 0 Å². The van der Waals surface area contributed by atoms with E-state index in [1.807, 2.05) is 0 Å². The zero-order chi connectivity index (χ0) is 15.5. The molecular formula is C13H20N4O4. The highest BCUT2D eigenvalue weighted by molar-refractivity contribution is 6.09. The van der Waals surface area contributed by atoms with E-state index >= 15 is 0 Å². The highest BCUT2D eigenvalue weighted by atomic mass is 16.2. The average molecular weight is 296 g/mol. The first-order valence-corrected chi connectivity index (χ1v) is 7.10. The van der Waals surface area contributed by atoms with Crippen LogP contribution >= 0.6 is 0 Å². The third-order valence-electron chi connectivity index (χ3n) is 3.98. The second-order valence-electron chi connectivity index (χ2n) is 5.41. The molecule has 1 aliphatic heterocycles. The van der Waals surface area contributed by atoms with Gasteiger partial charge in [-0.15, -0.1) is 0 Å². The molecule has 2 aliphatic rings. The Balaban J connectivity index is 1.94. The number of urea groups is 1. The molecule has 0 atom stereocenters. The summed E-state index contributed by atoms with van der Waals surface area (Å²) in [5.74, 6) is -1.21. The van der Waals surface area contributed by atoms with Crippen molar-refractivity contribution in [3.63, 3.8) is 0 Å². The Kier molecular flexibility index (Phi) is 4.44. The summed E-state index contributed by atoms with van der Waals surface area (Å²) < 4.78 is 0. The number of carbonyl (C=O) groups excluding carboxylic acids is 4. The van der Waals surface area contributed by atoms with E-state index in [9.17, 15) is 19.2 Å². The van der Waals surface area contributed by atoms with Crippen molar-refractivity contribution in [2.75, 3.05) is 20.1 Å². The minimum atomic E-state index is -0.823. The van der Waals surface area contributed by atoms with E-state index in [0.717, 1.165) is 24.2 Å². The summed E-state index contributed by atoms with van der Waals surface area (Å²) in [6.07, 6.45) is 4.07. The van der Waals surface area contributed by atoms with E-state index in [1.54, 1.807) is 0 Å². The quantitative estimate of drug-likeness (QED) is 0.584. The van der Waals surface area contributed by atoms with Crippen molar-refractivity contribution >= 4 is 23.8 Å². The van der Waals surface area contributed by atoms with Crippen LogP contribution in [0.5, 0.6) is 0 Å². The van der Waals surface area contributed by atoms with Gasteiger partial charge in [-0.1, -0.05) is 19.3 Å². The van der Waals surface area contributed by atoms with Crippen molar-refractivity contribution in [3.05, 3.63) is 0 Å². The van der Waals surface area contributed by atoms with Gasteiger partial charge in [0.1, 0.15) is 12.1 Å². The fourth-order valence-electron chi connectivity index (χ4n) is 2.78. The van der Waals surface area contributed by atoms with Gasteiger partial charge in [-0.25, -0.2) is 4.79 Å². The van der Waals surface area contributed by atoms with Crippen LogP contribution in [0.3, 0.4) is 0 Å². The lowest BCUT2D eigenvalue weighted by Crippen LogP contribution is -2.49. The molecule has 8 heteroatoms. The molecule has 1 saturated heterocycles. The molecule has 116 valence electrons. The third-order valence-corrected chi connectivity index (χ3v) is 3.98. The van der Waals surface area contributed by atoms with E-state index in [-0.39, 0.29) is 24.9 Å². The van der Waals surface area contributed by atoms with Gasteiger partial charge in [-0.05, 0) is 12.8 Å². The average Bonchev–Trinajstić information content (AvgIpc) is 2.70. The first-order valence-electron chi connectivity index (χ1n) is 7.10. The summed E-state index contributed by atoms with van der Waals surface area (Å²) in [6, 6.07) is -0.531. The monoisotopic (exact) mass is 296 g/mol. The van der Waals surface area contributed by atoms with Gasteiger partial charge in [-0.2, -0.15) is 0 Å². The lowest BCUT2D eigenvalue weighted by molar-refractivity contribution is -0.136. The second-order valence-corrected chi connectivity index (χ2v) is 5.41. The molecule has 3 N–H and O–H groups in total. The minimum Gasteiger partial charge on any atom is -0.358 e. The maximum Gasteiger partial charge on any atom is 0.325 e. The van der Waals surface area contributed by atoms with Crippen molar-refractivity contribution in [1.29, 1.82) is 0 Å². The molecule has 2 fully saturated rings. The van der Waals surface area contributed by atoms with Crippen LogP contribution < -0.4 is 16.0 Å². The number of carbonyl (C=O) groups is 4. The van der Waals surface area contributed by atoms with E-state index in [0.29, 0.717) is 12.8 Å². The SMILES string of the molecule is CNC(=O)CNC(=O)CN1C(=O)NC2(CCCCC2)C1=O. The molecule has 1 saturated carbocycles. The lowest BCUT2D eigenvalue weighted by Gasteiger charge is -2.30. The first kappa shape index (κ1) is 15.3. The zero-order valence-electron chi connectivity index (χ0n) is 12.0. The summed E-state index contributed by atoms with van der Waals surface area (Å²) in [5, 5.41) is 7.46. The summed E-state index contributed by atoms with van der Waals surface area (Å²) >= 11 is 0. The molecule has 2 rings (SSSR count). The van der Waals surface area contributed by atoms with Gasteiger partial charge >= 0.3 is 6.03 Å². The fraction of sp³-hybridized carbons (Fsp3) is 0.692. The van der Waals surface area contributed by atoms with Crippen LogP contribution in [0.2, 0.25) is 0 Å².